The molecule has 0 spiro atoms. The molecule has 2 aromatic carbocycles. The first-order valence-electron chi connectivity index (χ1n) is 11.9. The van der Waals surface area contributed by atoms with Gasteiger partial charge in [0.1, 0.15) is 35.5 Å². The minimum absolute atomic E-state index is 0.119. The number of rotatable bonds is 7. The molecule has 194 valence electrons. The number of fused-ring (bicyclic) bond motifs is 1. The number of methoxy groups -OCH3 is 1. The molecular formula is C27H25FN6O4. The lowest BCUT2D eigenvalue weighted by molar-refractivity contribution is -0.144. The van der Waals surface area contributed by atoms with E-state index in [2.05, 4.69) is 15.3 Å². The van der Waals surface area contributed by atoms with Crippen molar-refractivity contribution in [2.45, 2.75) is 32.0 Å². The minimum atomic E-state index is -0.523. The minimum Gasteiger partial charge on any atom is -0.496 e. The van der Waals surface area contributed by atoms with Crippen LogP contribution in [-0.2, 0) is 16.1 Å². The maximum Gasteiger partial charge on any atom is 0.303 e. The molecule has 0 fully saturated rings. The zero-order valence-corrected chi connectivity index (χ0v) is 20.7. The van der Waals surface area contributed by atoms with Gasteiger partial charge in [0.05, 0.1) is 24.1 Å². The Hall–Kier alpha value is -4.80. The fourth-order valence-corrected chi connectivity index (χ4v) is 4.47. The second kappa shape index (κ2) is 10.3. The molecular weight excluding hydrogens is 491 g/mol. The summed E-state index contributed by atoms with van der Waals surface area (Å²) in [4.78, 5) is 32.5. The monoisotopic (exact) mass is 516 g/mol. The molecule has 4 aromatic rings. The van der Waals surface area contributed by atoms with Crippen molar-refractivity contribution in [2.24, 2.45) is 0 Å². The highest BCUT2D eigenvalue weighted by Crippen LogP contribution is 2.35. The quantitative estimate of drug-likeness (QED) is 0.281. The number of anilines is 1. The highest BCUT2D eigenvalue weighted by Gasteiger charge is 2.27. The number of hydrogen-bond acceptors (Lipinski definition) is 8. The van der Waals surface area contributed by atoms with Crippen molar-refractivity contribution >= 4 is 28.7 Å². The van der Waals surface area contributed by atoms with E-state index in [1.54, 1.807) is 4.68 Å². The van der Waals surface area contributed by atoms with Gasteiger partial charge < -0.3 is 20.5 Å². The van der Waals surface area contributed by atoms with Gasteiger partial charge in [0.25, 0.3) is 5.91 Å². The SMILES string of the molecule is COc1ccc(F)cc1C(=O)NCc1ccc(-c2nn([C@H]3C=C[C@H](OC(C)=O)C3)c3ncnc(N)c23)cc1. The summed E-state index contributed by atoms with van der Waals surface area (Å²) in [6, 6.07) is 11.1. The summed E-state index contributed by atoms with van der Waals surface area (Å²) in [6.07, 6.45) is 5.37. The molecule has 1 aliphatic rings. The van der Waals surface area contributed by atoms with Crippen LogP contribution in [0.25, 0.3) is 22.3 Å². The van der Waals surface area contributed by atoms with Crippen LogP contribution in [-0.4, -0.2) is 44.8 Å². The van der Waals surface area contributed by atoms with Crippen LogP contribution in [0.5, 0.6) is 5.75 Å². The Bertz CT molecular complexity index is 1550. The van der Waals surface area contributed by atoms with Crippen molar-refractivity contribution in [1.82, 2.24) is 25.1 Å². The summed E-state index contributed by atoms with van der Waals surface area (Å²) in [6.45, 7) is 1.60. The van der Waals surface area contributed by atoms with Crippen LogP contribution in [0.2, 0.25) is 0 Å². The Kier molecular flexibility index (Phi) is 6.73. The molecule has 11 heteroatoms. The number of allylic oxidation sites excluding steroid dienone is 1. The third-order valence-corrected chi connectivity index (χ3v) is 6.26. The third-order valence-electron chi connectivity index (χ3n) is 6.26. The van der Waals surface area contributed by atoms with Crippen LogP contribution in [0.1, 0.15) is 35.3 Å². The van der Waals surface area contributed by atoms with E-state index in [9.17, 15) is 14.0 Å². The first kappa shape index (κ1) is 24.9. The Balaban J connectivity index is 1.37. The van der Waals surface area contributed by atoms with E-state index in [0.717, 1.165) is 17.2 Å². The number of carbonyl (C=O) groups excluding carboxylic acids is 2. The molecule has 10 nitrogen and oxygen atoms in total. The highest BCUT2D eigenvalue weighted by atomic mass is 19.1. The summed E-state index contributed by atoms with van der Waals surface area (Å²) in [5.41, 5.74) is 9.15. The topological polar surface area (TPSA) is 134 Å². The average Bonchev–Trinajstić information content (AvgIpc) is 3.52. The van der Waals surface area contributed by atoms with Gasteiger partial charge in [-0.05, 0) is 29.8 Å². The van der Waals surface area contributed by atoms with Crippen molar-refractivity contribution in [2.75, 3.05) is 12.8 Å². The number of nitrogen functional groups attached to an aromatic ring is 1. The van der Waals surface area contributed by atoms with Crippen molar-refractivity contribution < 1.29 is 23.5 Å². The standard InChI is InChI=1S/C27H25FN6O4/c1-15(35)38-20-9-8-19(12-20)34-26-23(25(29)31-14-32-26)24(33-34)17-5-3-16(4-6-17)13-30-27(36)21-11-18(28)7-10-22(21)37-2/h3-11,14,19-20H,12-13H2,1-2H3,(H,30,36)(H2,29,31,32)/t19-,20-/m0/s1. The van der Waals surface area contributed by atoms with Crippen LogP contribution in [0.15, 0.2) is 60.9 Å². The van der Waals surface area contributed by atoms with Crippen molar-refractivity contribution in [1.29, 1.82) is 0 Å². The van der Waals surface area contributed by atoms with Gasteiger partial charge in [-0.15, -0.1) is 0 Å². The summed E-state index contributed by atoms with van der Waals surface area (Å²) >= 11 is 0. The molecule has 0 bridgehead atoms. The lowest BCUT2D eigenvalue weighted by Gasteiger charge is -2.13. The van der Waals surface area contributed by atoms with E-state index in [0.29, 0.717) is 29.0 Å². The Morgan fingerprint density at radius 3 is 2.68 bits per heavy atom. The number of nitrogens with zero attached hydrogens (tertiary/aromatic N) is 4. The van der Waals surface area contributed by atoms with Crippen LogP contribution in [0.3, 0.4) is 0 Å². The van der Waals surface area contributed by atoms with Crippen LogP contribution < -0.4 is 15.8 Å². The van der Waals surface area contributed by atoms with Crippen LogP contribution in [0.4, 0.5) is 10.2 Å². The van der Waals surface area contributed by atoms with Crippen LogP contribution >= 0.6 is 0 Å². The number of aromatic nitrogens is 4. The van der Waals surface area contributed by atoms with Crippen molar-refractivity contribution in [3.8, 4) is 17.0 Å². The second-order valence-electron chi connectivity index (χ2n) is 8.81. The van der Waals surface area contributed by atoms with Gasteiger partial charge in [0.15, 0.2) is 5.65 Å². The van der Waals surface area contributed by atoms with E-state index in [1.807, 2.05) is 36.4 Å². The lowest BCUT2D eigenvalue weighted by Crippen LogP contribution is -2.23. The van der Waals surface area contributed by atoms with E-state index in [4.69, 9.17) is 20.3 Å². The first-order valence-corrected chi connectivity index (χ1v) is 11.9. The van der Waals surface area contributed by atoms with E-state index in [-0.39, 0.29) is 36.0 Å². The molecule has 0 unspecified atom stereocenters. The van der Waals surface area contributed by atoms with Crippen LogP contribution in [0, 0.1) is 5.82 Å². The smallest absolute Gasteiger partial charge is 0.303 e. The van der Waals surface area contributed by atoms with Gasteiger partial charge in [0, 0.05) is 25.5 Å². The second-order valence-corrected chi connectivity index (χ2v) is 8.81. The molecule has 5 rings (SSSR count). The molecule has 0 radical (unpaired) electrons. The molecule has 0 aliphatic heterocycles. The number of halogens is 1. The summed E-state index contributed by atoms with van der Waals surface area (Å²) < 4.78 is 25.9. The number of amides is 1. The van der Waals surface area contributed by atoms with Gasteiger partial charge in [0.2, 0.25) is 0 Å². The van der Waals surface area contributed by atoms with Crippen molar-refractivity contribution in [3.05, 3.63) is 77.9 Å². The number of nitrogens with one attached hydrogen (secondary N) is 1. The average molecular weight is 517 g/mol. The van der Waals surface area contributed by atoms with Gasteiger partial charge in [-0.3, -0.25) is 9.59 Å². The summed E-state index contributed by atoms with van der Waals surface area (Å²) in [5.74, 6) is -0.723. The van der Waals surface area contributed by atoms with Gasteiger partial charge in [-0.25, -0.2) is 19.0 Å². The largest absolute Gasteiger partial charge is 0.496 e. The fraction of sp³-hybridized carbons (Fsp3) is 0.222. The molecule has 2 atom stereocenters. The number of nitrogens with two attached hydrogens (primary N) is 1. The first-order chi connectivity index (χ1) is 18.3. The summed E-state index contributed by atoms with van der Waals surface area (Å²) in [5, 5.41) is 8.22. The normalized spacial score (nSPS) is 16.5. The van der Waals surface area contributed by atoms with Gasteiger partial charge >= 0.3 is 5.97 Å². The number of carbonyl (C=O) groups is 2. The molecule has 0 saturated carbocycles. The zero-order chi connectivity index (χ0) is 26.8. The molecule has 2 aromatic heterocycles. The third kappa shape index (κ3) is 4.90. The number of benzene rings is 2. The predicted octanol–water partition coefficient (Wildman–Crippen LogP) is 3.59. The van der Waals surface area contributed by atoms with Gasteiger partial charge in [-0.2, -0.15) is 5.10 Å². The molecule has 1 amide bonds. The Morgan fingerprint density at radius 2 is 1.95 bits per heavy atom. The number of esters is 1. The Labute approximate surface area is 217 Å². The highest BCUT2D eigenvalue weighted by molar-refractivity contribution is 5.98. The molecule has 1 aliphatic carbocycles. The fourth-order valence-electron chi connectivity index (χ4n) is 4.47. The number of hydrogen-bond donors (Lipinski definition) is 2. The van der Waals surface area contributed by atoms with Gasteiger partial charge in [-0.1, -0.05) is 30.3 Å². The van der Waals surface area contributed by atoms with E-state index < -0.39 is 11.7 Å². The van der Waals surface area contributed by atoms with E-state index >= 15 is 0 Å². The molecule has 0 saturated heterocycles. The number of ether oxygens (including phenoxy) is 2. The zero-order valence-electron chi connectivity index (χ0n) is 20.7. The van der Waals surface area contributed by atoms with Crippen molar-refractivity contribution in [3.63, 3.8) is 0 Å². The molecule has 2 heterocycles. The lowest BCUT2D eigenvalue weighted by atomic mass is 10.1. The Morgan fingerprint density at radius 1 is 1.16 bits per heavy atom. The molecule has 3 N–H and O–H groups in total. The van der Waals surface area contributed by atoms with E-state index in [1.165, 1.54) is 32.5 Å². The maximum atomic E-state index is 13.6. The summed E-state index contributed by atoms with van der Waals surface area (Å²) in [7, 11) is 1.42. The maximum absolute atomic E-state index is 13.6. The predicted molar refractivity (Wildman–Crippen MR) is 138 cm³/mol. The molecule has 38 heavy (non-hydrogen) atoms.